The van der Waals surface area contributed by atoms with Crippen LogP contribution in [0.15, 0.2) is 54.6 Å². The standard InChI is InChI=1S/C19H20N2/c20-12-5-7-16-6-4-10-19(14-16)21-13-11-18(15-21)17-8-2-1-3-9-17/h1-4,6,8-10,14,18H,5,7,11,13,15H2. The molecule has 21 heavy (non-hydrogen) atoms. The van der Waals surface area contributed by atoms with Crippen molar-refractivity contribution in [3.8, 4) is 6.07 Å². The van der Waals surface area contributed by atoms with Crippen molar-refractivity contribution in [2.75, 3.05) is 18.0 Å². The second kappa shape index (κ2) is 6.45. The highest BCUT2D eigenvalue weighted by Gasteiger charge is 2.23. The van der Waals surface area contributed by atoms with Crippen molar-refractivity contribution in [1.29, 1.82) is 5.26 Å². The summed E-state index contributed by atoms with van der Waals surface area (Å²) in [6.07, 6.45) is 2.66. The number of anilines is 1. The molecule has 1 saturated heterocycles. The van der Waals surface area contributed by atoms with Crippen LogP contribution < -0.4 is 4.90 Å². The van der Waals surface area contributed by atoms with Crippen molar-refractivity contribution in [2.24, 2.45) is 0 Å². The fourth-order valence-electron chi connectivity index (χ4n) is 3.10. The molecule has 3 rings (SSSR count). The number of benzene rings is 2. The van der Waals surface area contributed by atoms with Gasteiger partial charge in [-0.05, 0) is 36.1 Å². The van der Waals surface area contributed by atoms with Crippen LogP contribution in [0.1, 0.15) is 29.9 Å². The monoisotopic (exact) mass is 276 g/mol. The average molecular weight is 276 g/mol. The number of hydrogen-bond acceptors (Lipinski definition) is 2. The van der Waals surface area contributed by atoms with Gasteiger partial charge in [0.1, 0.15) is 0 Å². The van der Waals surface area contributed by atoms with Gasteiger partial charge in [-0.2, -0.15) is 5.26 Å². The van der Waals surface area contributed by atoms with Gasteiger partial charge in [0.15, 0.2) is 0 Å². The second-order valence-corrected chi connectivity index (χ2v) is 5.67. The van der Waals surface area contributed by atoms with E-state index in [0.717, 1.165) is 19.5 Å². The lowest BCUT2D eigenvalue weighted by Gasteiger charge is -2.19. The molecule has 0 aromatic heterocycles. The molecule has 0 amide bonds. The Morgan fingerprint density at radius 2 is 1.95 bits per heavy atom. The molecule has 2 nitrogen and oxygen atoms in total. The molecule has 1 unspecified atom stereocenters. The zero-order chi connectivity index (χ0) is 14.5. The summed E-state index contributed by atoms with van der Waals surface area (Å²) in [6, 6.07) is 21.7. The molecule has 1 atom stereocenters. The summed E-state index contributed by atoms with van der Waals surface area (Å²) in [7, 11) is 0. The van der Waals surface area contributed by atoms with Crippen LogP contribution in [0.3, 0.4) is 0 Å². The summed E-state index contributed by atoms with van der Waals surface area (Å²) in [5.74, 6) is 0.633. The van der Waals surface area contributed by atoms with E-state index in [9.17, 15) is 0 Å². The summed E-state index contributed by atoms with van der Waals surface area (Å²) in [6.45, 7) is 2.20. The van der Waals surface area contributed by atoms with Gasteiger partial charge in [0.2, 0.25) is 0 Å². The quantitative estimate of drug-likeness (QED) is 0.839. The molecule has 0 saturated carbocycles. The molecule has 1 heterocycles. The van der Waals surface area contributed by atoms with Crippen LogP contribution in [0.4, 0.5) is 5.69 Å². The van der Waals surface area contributed by atoms with Crippen molar-refractivity contribution >= 4 is 5.69 Å². The highest BCUT2D eigenvalue weighted by Crippen LogP contribution is 2.31. The van der Waals surface area contributed by atoms with E-state index in [0.29, 0.717) is 12.3 Å². The fourth-order valence-corrected chi connectivity index (χ4v) is 3.10. The third kappa shape index (κ3) is 3.25. The van der Waals surface area contributed by atoms with Gasteiger partial charge in [-0.15, -0.1) is 0 Å². The molecule has 0 aliphatic carbocycles. The molecule has 0 spiro atoms. The van der Waals surface area contributed by atoms with E-state index in [2.05, 4.69) is 65.6 Å². The normalized spacial score (nSPS) is 17.7. The first-order valence-corrected chi connectivity index (χ1v) is 7.62. The summed E-state index contributed by atoms with van der Waals surface area (Å²) in [5, 5.41) is 8.71. The Morgan fingerprint density at radius 1 is 1.10 bits per heavy atom. The molecule has 2 heteroatoms. The Morgan fingerprint density at radius 3 is 2.76 bits per heavy atom. The van der Waals surface area contributed by atoms with E-state index in [1.54, 1.807) is 0 Å². The van der Waals surface area contributed by atoms with E-state index in [1.807, 2.05) is 0 Å². The minimum atomic E-state index is 0.593. The first-order chi connectivity index (χ1) is 10.4. The predicted octanol–water partition coefficient (Wildman–Crippen LogP) is 4.14. The van der Waals surface area contributed by atoms with Gasteiger partial charge in [-0.25, -0.2) is 0 Å². The summed E-state index contributed by atoms with van der Waals surface area (Å²) in [5.41, 5.74) is 4.00. The van der Waals surface area contributed by atoms with Crippen LogP contribution in [0.25, 0.3) is 0 Å². The van der Waals surface area contributed by atoms with E-state index in [1.165, 1.54) is 23.2 Å². The van der Waals surface area contributed by atoms with Gasteiger partial charge < -0.3 is 4.90 Å². The maximum atomic E-state index is 8.71. The van der Waals surface area contributed by atoms with Gasteiger partial charge in [0.05, 0.1) is 6.07 Å². The SMILES string of the molecule is N#CCCc1cccc(N2CCC(c3ccccc3)C2)c1. The molecule has 1 aliphatic rings. The van der Waals surface area contributed by atoms with Crippen molar-refractivity contribution in [3.63, 3.8) is 0 Å². The highest BCUT2D eigenvalue weighted by atomic mass is 15.1. The maximum absolute atomic E-state index is 8.71. The van der Waals surface area contributed by atoms with Crippen LogP contribution in [-0.4, -0.2) is 13.1 Å². The number of rotatable bonds is 4. The first kappa shape index (κ1) is 13.7. The minimum Gasteiger partial charge on any atom is -0.371 e. The molecule has 106 valence electrons. The van der Waals surface area contributed by atoms with E-state index < -0.39 is 0 Å². The van der Waals surface area contributed by atoms with Crippen LogP contribution in [0, 0.1) is 11.3 Å². The summed E-state index contributed by atoms with van der Waals surface area (Å²) >= 11 is 0. The number of aryl methyl sites for hydroxylation is 1. The lowest BCUT2D eigenvalue weighted by molar-refractivity contribution is 0.775. The molecule has 1 aliphatic heterocycles. The smallest absolute Gasteiger partial charge is 0.0625 e. The van der Waals surface area contributed by atoms with Crippen LogP contribution in [-0.2, 0) is 6.42 Å². The third-order valence-corrected chi connectivity index (χ3v) is 4.26. The molecule has 1 fully saturated rings. The van der Waals surface area contributed by atoms with Crippen LogP contribution in [0.5, 0.6) is 0 Å². The van der Waals surface area contributed by atoms with E-state index in [4.69, 9.17) is 5.26 Å². The summed E-state index contributed by atoms with van der Waals surface area (Å²) < 4.78 is 0. The highest BCUT2D eigenvalue weighted by molar-refractivity contribution is 5.50. The molecule has 2 aromatic carbocycles. The van der Waals surface area contributed by atoms with Crippen molar-refractivity contribution in [1.82, 2.24) is 0 Å². The molecular formula is C19H20N2. The largest absolute Gasteiger partial charge is 0.371 e. The first-order valence-electron chi connectivity index (χ1n) is 7.62. The van der Waals surface area contributed by atoms with E-state index >= 15 is 0 Å². The van der Waals surface area contributed by atoms with Gasteiger partial charge >= 0.3 is 0 Å². The Labute approximate surface area is 126 Å². The molecular weight excluding hydrogens is 256 g/mol. The Balaban J connectivity index is 1.70. The van der Waals surface area contributed by atoms with Crippen molar-refractivity contribution in [3.05, 3.63) is 65.7 Å². The Hall–Kier alpha value is -2.27. The van der Waals surface area contributed by atoms with Crippen LogP contribution >= 0.6 is 0 Å². The van der Waals surface area contributed by atoms with Crippen LogP contribution in [0.2, 0.25) is 0 Å². The van der Waals surface area contributed by atoms with Gasteiger partial charge in [-0.1, -0.05) is 42.5 Å². The Bertz CT molecular complexity index is 628. The third-order valence-electron chi connectivity index (χ3n) is 4.26. The second-order valence-electron chi connectivity index (χ2n) is 5.67. The minimum absolute atomic E-state index is 0.593. The fraction of sp³-hybridized carbons (Fsp3) is 0.316. The Kier molecular flexibility index (Phi) is 4.21. The number of nitriles is 1. The molecule has 2 aromatic rings. The maximum Gasteiger partial charge on any atom is 0.0625 e. The van der Waals surface area contributed by atoms with Crippen molar-refractivity contribution in [2.45, 2.75) is 25.2 Å². The summed E-state index contributed by atoms with van der Waals surface area (Å²) in [4.78, 5) is 2.47. The lowest BCUT2D eigenvalue weighted by Crippen LogP contribution is -2.19. The van der Waals surface area contributed by atoms with Crippen molar-refractivity contribution < 1.29 is 0 Å². The molecule has 0 N–H and O–H groups in total. The number of nitrogens with zero attached hydrogens (tertiary/aromatic N) is 2. The van der Waals surface area contributed by atoms with Gasteiger partial charge in [0, 0.05) is 31.1 Å². The molecule has 0 bridgehead atoms. The average Bonchev–Trinajstić information content (AvgIpc) is 3.04. The molecule has 0 radical (unpaired) electrons. The van der Waals surface area contributed by atoms with E-state index in [-0.39, 0.29) is 0 Å². The van der Waals surface area contributed by atoms with Gasteiger partial charge in [-0.3, -0.25) is 0 Å². The van der Waals surface area contributed by atoms with Gasteiger partial charge in [0.25, 0.3) is 0 Å². The predicted molar refractivity (Wildman–Crippen MR) is 86.4 cm³/mol. The zero-order valence-electron chi connectivity index (χ0n) is 12.2. The topological polar surface area (TPSA) is 27.0 Å². The lowest BCUT2D eigenvalue weighted by atomic mass is 9.99. The zero-order valence-corrected chi connectivity index (χ0v) is 12.2. The number of hydrogen-bond donors (Lipinski definition) is 0.